The Morgan fingerprint density at radius 2 is 2.04 bits per heavy atom. The lowest BCUT2D eigenvalue weighted by molar-refractivity contribution is -0.187. The van der Waals surface area contributed by atoms with E-state index in [1.54, 1.807) is 0 Å². The first kappa shape index (κ1) is 14.8. The van der Waals surface area contributed by atoms with E-state index in [1.165, 1.54) is 0 Å². The highest BCUT2D eigenvalue weighted by atomic mass is 16.8. The maximum Gasteiger partial charge on any atom is 0.230 e. The molecule has 0 amide bonds. The van der Waals surface area contributed by atoms with Gasteiger partial charge in [0.2, 0.25) is 12.1 Å². The molecule has 0 aromatic carbocycles. The van der Waals surface area contributed by atoms with Crippen LogP contribution in [0.1, 0.15) is 50.5 Å². The summed E-state index contributed by atoms with van der Waals surface area (Å²) in [6, 6.07) is 0. The van der Waals surface area contributed by atoms with Crippen molar-refractivity contribution in [2.45, 2.75) is 63.4 Å². The smallest absolute Gasteiger partial charge is 0.230 e. The standard InChI is InChI=1S/C15H19N3O6/c1-14(2)20-5-7(21-14)10-11-9-12(15(3,22-10)23-11)17-13(16-9)6-4-8(19)24-18-6/h7-8,10-11,19H,4-5H2,1-3H3,(H,16,17)/t7-,8?,10-,11-,15?/m1/s1. The van der Waals surface area contributed by atoms with Gasteiger partial charge in [-0.15, -0.1) is 0 Å². The van der Waals surface area contributed by atoms with Crippen LogP contribution in [0.25, 0.3) is 0 Å². The lowest BCUT2D eigenvalue weighted by Gasteiger charge is -2.27. The topological polar surface area (TPSA) is 107 Å². The van der Waals surface area contributed by atoms with Crippen LogP contribution in [-0.4, -0.2) is 51.7 Å². The highest BCUT2D eigenvalue weighted by molar-refractivity contribution is 5.98. The van der Waals surface area contributed by atoms with Gasteiger partial charge in [-0.1, -0.05) is 5.16 Å². The molecule has 0 saturated carbocycles. The van der Waals surface area contributed by atoms with Crippen molar-refractivity contribution in [1.82, 2.24) is 9.97 Å². The van der Waals surface area contributed by atoms with Gasteiger partial charge >= 0.3 is 0 Å². The second-order valence-corrected chi connectivity index (χ2v) is 7.08. The van der Waals surface area contributed by atoms with Crippen LogP contribution in [0.2, 0.25) is 0 Å². The second kappa shape index (κ2) is 4.55. The zero-order valence-corrected chi connectivity index (χ0v) is 13.6. The van der Waals surface area contributed by atoms with Crippen LogP contribution in [-0.2, 0) is 29.6 Å². The molecular formula is C15H19N3O6. The molecule has 130 valence electrons. The van der Waals surface area contributed by atoms with E-state index in [9.17, 15) is 5.11 Å². The van der Waals surface area contributed by atoms with Crippen LogP contribution < -0.4 is 0 Å². The molecule has 9 nitrogen and oxygen atoms in total. The molecule has 1 aromatic rings. The van der Waals surface area contributed by atoms with Crippen molar-refractivity contribution in [3.05, 3.63) is 17.2 Å². The van der Waals surface area contributed by atoms with Crippen LogP contribution in [0.4, 0.5) is 0 Å². The number of imidazole rings is 1. The molecule has 0 radical (unpaired) electrons. The Bertz CT molecular complexity index is 731. The maximum atomic E-state index is 9.45. The lowest BCUT2D eigenvalue weighted by Crippen LogP contribution is -2.38. The number of aliphatic hydroxyl groups is 1. The number of oxime groups is 1. The predicted molar refractivity (Wildman–Crippen MR) is 77.8 cm³/mol. The molecule has 2 unspecified atom stereocenters. The number of nitrogens with one attached hydrogen (secondary N) is 1. The van der Waals surface area contributed by atoms with Gasteiger partial charge in [0, 0.05) is 0 Å². The summed E-state index contributed by atoms with van der Waals surface area (Å²) in [7, 11) is 0. The second-order valence-electron chi connectivity index (χ2n) is 7.08. The van der Waals surface area contributed by atoms with Crippen molar-refractivity contribution >= 4 is 5.71 Å². The zero-order valence-electron chi connectivity index (χ0n) is 13.6. The van der Waals surface area contributed by atoms with Gasteiger partial charge in [0.25, 0.3) is 0 Å². The van der Waals surface area contributed by atoms with Gasteiger partial charge in [0.05, 0.1) is 18.7 Å². The number of nitrogens with zero attached hydrogens (tertiary/aromatic N) is 2. The molecule has 5 heterocycles. The van der Waals surface area contributed by atoms with E-state index in [4.69, 9.17) is 23.8 Å². The van der Waals surface area contributed by atoms with E-state index >= 15 is 0 Å². The van der Waals surface area contributed by atoms with Crippen LogP contribution in [0, 0.1) is 0 Å². The van der Waals surface area contributed by atoms with Gasteiger partial charge in [-0.2, -0.15) is 0 Å². The van der Waals surface area contributed by atoms with Gasteiger partial charge in [0.15, 0.2) is 11.6 Å². The Labute approximate surface area is 137 Å². The fraction of sp³-hybridized carbons (Fsp3) is 0.733. The highest BCUT2D eigenvalue weighted by Crippen LogP contribution is 2.54. The van der Waals surface area contributed by atoms with Gasteiger partial charge in [-0.05, 0) is 20.8 Å². The van der Waals surface area contributed by atoms with Gasteiger partial charge in [-0.25, -0.2) is 4.98 Å². The molecule has 2 N–H and O–H groups in total. The molecule has 4 aliphatic rings. The van der Waals surface area contributed by atoms with Crippen molar-refractivity contribution in [3.8, 4) is 0 Å². The first-order valence-corrected chi connectivity index (χ1v) is 8.03. The minimum Gasteiger partial charge on any atom is -0.363 e. The molecule has 0 aliphatic carbocycles. The highest BCUT2D eigenvalue weighted by Gasteiger charge is 2.60. The van der Waals surface area contributed by atoms with E-state index in [0.29, 0.717) is 30.3 Å². The Morgan fingerprint density at radius 3 is 2.71 bits per heavy atom. The number of H-pyrrole nitrogens is 1. The first-order valence-electron chi connectivity index (χ1n) is 8.03. The molecule has 2 bridgehead atoms. The van der Waals surface area contributed by atoms with Crippen molar-refractivity contribution < 1.29 is 28.9 Å². The molecule has 4 aliphatic heterocycles. The van der Waals surface area contributed by atoms with Crippen molar-refractivity contribution in [1.29, 1.82) is 0 Å². The SMILES string of the molecule is CC1(C)OC[C@H]([C@H]2OC3(C)O[C@@H]2c2[nH]c(C4=NOC(O)C4)nc23)O1. The Balaban J connectivity index is 1.45. The van der Waals surface area contributed by atoms with Crippen LogP contribution in [0.15, 0.2) is 5.16 Å². The average Bonchev–Trinajstić information content (AvgIpc) is 3.24. The molecule has 9 heteroatoms. The number of aromatic nitrogens is 2. The molecule has 2 fully saturated rings. The van der Waals surface area contributed by atoms with Crippen molar-refractivity contribution in [2.24, 2.45) is 5.16 Å². The Hall–Kier alpha value is -1.52. The zero-order chi connectivity index (χ0) is 16.7. The van der Waals surface area contributed by atoms with Crippen molar-refractivity contribution in [3.63, 3.8) is 0 Å². The summed E-state index contributed by atoms with van der Waals surface area (Å²) in [5.74, 6) is -0.969. The first-order chi connectivity index (χ1) is 11.3. The lowest BCUT2D eigenvalue weighted by atomic mass is 10.0. The normalized spacial score (nSPS) is 42.2. The van der Waals surface area contributed by atoms with E-state index < -0.39 is 17.9 Å². The molecule has 2 saturated heterocycles. The third-order valence-electron chi connectivity index (χ3n) is 4.78. The monoisotopic (exact) mass is 337 g/mol. The van der Waals surface area contributed by atoms with Crippen LogP contribution >= 0.6 is 0 Å². The summed E-state index contributed by atoms with van der Waals surface area (Å²) in [6.45, 7) is 6.06. The third-order valence-corrected chi connectivity index (χ3v) is 4.78. The number of hydrogen-bond acceptors (Lipinski definition) is 8. The van der Waals surface area contributed by atoms with E-state index in [-0.39, 0.29) is 18.3 Å². The number of aromatic amines is 1. The molecule has 5 rings (SSSR count). The maximum absolute atomic E-state index is 9.45. The number of hydrogen-bond donors (Lipinski definition) is 2. The summed E-state index contributed by atoms with van der Waals surface area (Å²) in [5, 5.41) is 13.3. The molecule has 1 aromatic heterocycles. The van der Waals surface area contributed by atoms with Gasteiger partial charge < -0.3 is 33.9 Å². The fourth-order valence-corrected chi connectivity index (χ4v) is 3.72. The summed E-state index contributed by atoms with van der Waals surface area (Å²) in [4.78, 5) is 12.6. The number of aliphatic hydroxyl groups excluding tert-OH is 1. The molecule has 5 atom stereocenters. The van der Waals surface area contributed by atoms with E-state index in [0.717, 1.165) is 5.69 Å². The Morgan fingerprint density at radius 1 is 1.21 bits per heavy atom. The fourth-order valence-electron chi connectivity index (χ4n) is 3.72. The Kier molecular flexibility index (Phi) is 2.81. The quantitative estimate of drug-likeness (QED) is 0.815. The summed E-state index contributed by atoms with van der Waals surface area (Å²) in [5.41, 5.74) is 2.15. The minimum atomic E-state index is -0.922. The number of fused-ring (bicyclic) bond motifs is 5. The molecule has 24 heavy (non-hydrogen) atoms. The average molecular weight is 337 g/mol. The number of rotatable bonds is 2. The molecule has 0 spiro atoms. The van der Waals surface area contributed by atoms with Gasteiger partial charge in [-0.3, -0.25) is 0 Å². The van der Waals surface area contributed by atoms with E-state index in [1.807, 2.05) is 20.8 Å². The van der Waals surface area contributed by atoms with Crippen molar-refractivity contribution in [2.75, 3.05) is 6.61 Å². The third kappa shape index (κ3) is 1.99. The van der Waals surface area contributed by atoms with Gasteiger partial charge in [0.1, 0.15) is 29.7 Å². The largest absolute Gasteiger partial charge is 0.363 e. The van der Waals surface area contributed by atoms with Crippen LogP contribution in [0.3, 0.4) is 0 Å². The predicted octanol–water partition coefficient (Wildman–Crippen LogP) is 0.647. The number of ether oxygens (including phenoxy) is 4. The summed E-state index contributed by atoms with van der Waals surface area (Å²) >= 11 is 0. The summed E-state index contributed by atoms with van der Waals surface area (Å²) in [6.07, 6.45) is -1.40. The molecular weight excluding hydrogens is 318 g/mol. The van der Waals surface area contributed by atoms with Crippen LogP contribution in [0.5, 0.6) is 0 Å². The minimum absolute atomic E-state index is 0.208. The summed E-state index contributed by atoms with van der Waals surface area (Å²) < 4.78 is 23.7. The van der Waals surface area contributed by atoms with E-state index in [2.05, 4.69) is 15.1 Å².